The van der Waals surface area contributed by atoms with Gasteiger partial charge in [-0.1, -0.05) is 0 Å². The van der Waals surface area contributed by atoms with Crippen LogP contribution >= 0.6 is 0 Å². The van der Waals surface area contributed by atoms with Crippen molar-refractivity contribution >= 4 is 18.1 Å². The summed E-state index contributed by atoms with van der Waals surface area (Å²) < 4.78 is 9.99. The second kappa shape index (κ2) is 6.14. The first-order chi connectivity index (χ1) is 9.56. The number of imide groups is 1. The highest BCUT2D eigenvalue weighted by molar-refractivity contribution is 6.01. The highest BCUT2D eigenvalue weighted by Crippen LogP contribution is 2.08. The molecule has 0 radical (unpaired) electrons. The Hall–Kier alpha value is -2.44. The fourth-order valence-corrected chi connectivity index (χ4v) is 1.54. The van der Waals surface area contributed by atoms with Crippen molar-refractivity contribution in [1.82, 2.24) is 14.9 Å². The molecule has 2 rings (SSSR count). The van der Waals surface area contributed by atoms with Gasteiger partial charge >= 0.3 is 12.1 Å². The SMILES string of the molecule is CC(C)Oc1ncc(/C=C/C(=O)N2CCOC2=O)cn1. The Labute approximate surface area is 116 Å². The van der Waals surface area contributed by atoms with Gasteiger partial charge in [-0.25, -0.2) is 19.7 Å². The number of hydrogen-bond donors (Lipinski definition) is 0. The van der Waals surface area contributed by atoms with E-state index in [2.05, 4.69) is 14.7 Å². The number of carbonyl (C=O) groups excluding carboxylic acids is 2. The number of rotatable bonds is 4. The lowest BCUT2D eigenvalue weighted by Gasteiger charge is -2.07. The molecule has 0 aliphatic carbocycles. The molecule has 1 aliphatic heterocycles. The third kappa shape index (κ3) is 3.53. The highest BCUT2D eigenvalue weighted by Gasteiger charge is 2.26. The van der Waals surface area contributed by atoms with E-state index in [1.165, 1.54) is 24.5 Å². The Bertz CT molecular complexity index is 525. The molecule has 20 heavy (non-hydrogen) atoms. The second-order valence-electron chi connectivity index (χ2n) is 4.40. The Kier molecular flexibility index (Phi) is 4.29. The van der Waals surface area contributed by atoms with Crippen molar-refractivity contribution in [3.63, 3.8) is 0 Å². The average molecular weight is 277 g/mol. The predicted molar refractivity (Wildman–Crippen MR) is 69.9 cm³/mol. The zero-order valence-corrected chi connectivity index (χ0v) is 11.3. The summed E-state index contributed by atoms with van der Waals surface area (Å²) in [5.74, 6) is -0.421. The average Bonchev–Trinajstić information content (AvgIpc) is 2.83. The largest absolute Gasteiger partial charge is 0.461 e. The van der Waals surface area contributed by atoms with E-state index in [4.69, 9.17) is 4.74 Å². The van der Waals surface area contributed by atoms with Gasteiger partial charge in [-0.15, -0.1) is 0 Å². The molecule has 106 valence electrons. The molecule has 2 amide bonds. The van der Waals surface area contributed by atoms with Crippen LogP contribution in [0.4, 0.5) is 4.79 Å². The molecule has 1 fully saturated rings. The molecular formula is C13H15N3O4. The fraction of sp³-hybridized carbons (Fsp3) is 0.385. The van der Waals surface area contributed by atoms with Crippen LogP contribution in [0.2, 0.25) is 0 Å². The van der Waals surface area contributed by atoms with Crippen molar-refractivity contribution in [2.45, 2.75) is 20.0 Å². The summed E-state index contributed by atoms with van der Waals surface area (Å²) in [5.41, 5.74) is 0.641. The molecule has 1 aliphatic rings. The van der Waals surface area contributed by atoms with E-state index in [1.54, 1.807) is 0 Å². The van der Waals surface area contributed by atoms with Gasteiger partial charge in [-0.2, -0.15) is 0 Å². The molecule has 7 nitrogen and oxygen atoms in total. The maximum atomic E-state index is 11.7. The zero-order valence-electron chi connectivity index (χ0n) is 11.3. The van der Waals surface area contributed by atoms with E-state index >= 15 is 0 Å². The number of carbonyl (C=O) groups is 2. The van der Waals surface area contributed by atoms with E-state index in [0.29, 0.717) is 5.56 Å². The standard InChI is InChI=1S/C13H15N3O4/c1-9(2)20-12-14-7-10(8-15-12)3-4-11(17)16-5-6-19-13(16)18/h3-4,7-9H,5-6H2,1-2H3/b4-3+. The van der Waals surface area contributed by atoms with Crippen LogP contribution in [0.1, 0.15) is 19.4 Å². The van der Waals surface area contributed by atoms with Gasteiger partial charge in [0.15, 0.2) is 0 Å². The topological polar surface area (TPSA) is 81.6 Å². The van der Waals surface area contributed by atoms with Crippen LogP contribution < -0.4 is 4.74 Å². The monoisotopic (exact) mass is 277 g/mol. The minimum atomic E-state index is -0.614. The van der Waals surface area contributed by atoms with Gasteiger partial charge < -0.3 is 9.47 Å². The van der Waals surface area contributed by atoms with Crippen LogP contribution in [0.3, 0.4) is 0 Å². The Morgan fingerprint density at radius 1 is 1.45 bits per heavy atom. The van der Waals surface area contributed by atoms with E-state index in [-0.39, 0.29) is 25.3 Å². The van der Waals surface area contributed by atoms with Gasteiger partial charge in [0, 0.05) is 24.0 Å². The third-order valence-corrected chi connectivity index (χ3v) is 2.43. The van der Waals surface area contributed by atoms with Crippen LogP contribution in [0.25, 0.3) is 6.08 Å². The molecule has 0 bridgehead atoms. The van der Waals surface area contributed by atoms with Crippen molar-refractivity contribution in [3.05, 3.63) is 24.0 Å². The molecule has 7 heteroatoms. The normalized spacial score (nSPS) is 14.9. The van der Waals surface area contributed by atoms with Crippen LogP contribution in [-0.2, 0) is 9.53 Å². The number of aromatic nitrogens is 2. The van der Waals surface area contributed by atoms with E-state index in [9.17, 15) is 9.59 Å². The third-order valence-electron chi connectivity index (χ3n) is 2.43. The molecule has 1 aromatic rings. The van der Waals surface area contributed by atoms with Crippen molar-refractivity contribution in [2.24, 2.45) is 0 Å². The highest BCUT2D eigenvalue weighted by atomic mass is 16.6. The molecule has 1 aromatic heterocycles. The maximum Gasteiger partial charge on any atom is 0.416 e. The maximum absolute atomic E-state index is 11.7. The van der Waals surface area contributed by atoms with Crippen LogP contribution in [-0.4, -0.2) is 46.1 Å². The molecule has 0 unspecified atom stereocenters. The molecule has 0 spiro atoms. The van der Waals surface area contributed by atoms with Crippen LogP contribution in [0, 0.1) is 0 Å². The van der Waals surface area contributed by atoms with Gasteiger partial charge in [0.05, 0.1) is 12.6 Å². The van der Waals surface area contributed by atoms with Gasteiger partial charge in [-0.3, -0.25) is 4.79 Å². The number of amides is 2. The lowest BCUT2D eigenvalue weighted by atomic mass is 10.3. The summed E-state index contributed by atoms with van der Waals surface area (Å²) in [6, 6.07) is 0.284. The van der Waals surface area contributed by atoms with Crippen molar-refractivity contribution in [3.8, 4) is 6.01 Å². The fourth-order valence-electron chi connectivity index (χ4n) is 1.54. The molecule has 1 saturated heterocycles. The minimum Gasteiger partial charge on any atom is -0.461 e. The zero-order chi connectivity index (χ0) is 14.5. The predicted octanol–water partition coefficient (Wildman–Crippen LogP) is 1.26. The van der Waals surface area contributed by atoms with Crippen molar-refractivity contribution in [1.29, 1.82) is 0 Å². The van der Waals surface area contributed by atoms with Crippen molar-refractivity contribution < 1.29 is 19.1 Å². The van der Waals surface area contributed by atoms with Crippen LogP contribution in [0.15, 0.2) is 18.5 Å². The van der Waals surface area contributed by atoms with Gasteiger partial charge in [0.2, 0.25) is 0 Å². The number of cyclic esters (lactones) is 1. The lowest BCUT2D eigenvalue weighted by molar-refractivity contribution is -0.122. The molecule has 0 aromatic carbocycles. The molecule has 0 saturated carbocycles. The summed E-state index contributed by atoms with van der Waals surface area (Å²) in [6.07, 6.45) is 5.28. The first kappa shape index (κ1) is 14.0. The Morgan fingerprint density at radius 3 is 2.70 bits per heavy atom. The number of hydrogen-bond acceptors (Lipinski definition) is 6. The van der Waals surface area contributed by atoms with Gasteiger partial charge in [0.1, 0.15) is 6.61 Å². The molecular weight excluding hydrogens is 262 g/mol. The smallest absolute Gasteiger partial charge is 0.416 e. The first-order valence-electron chi connectivity index (χ1n) is 6.21. The molecule has 0 atom stereocenters. The number of ether oxygens (including phenoxy) is 2. The van der Waals surface area contributed by atoms with E-state index < -0.39 is 12.0 Å². The Morgan fingerprint density at radius 2 is 2.15 bits per heavy atom. The number of nitrogens with zero attached hydrogens (tertiary/aromatic N) is 3. The summed E-state index contributed by atoms with van der Waals surface area (Å²) in [7, 11) is 0. The van der Waals surface area contributed by atoms with Crippen molar-refractivity contribution in [2.75, 3.05) is 13.2 Å². The molecule has 2 heterocycles. The first-order valence-corrected chi connectivity index (χ1v) is 6.21. The Balaban J connectivity index is 1.97. The lowest BCUT2D eigenvalue weighted by Crippen LogP contribution is -2.29. The van der Waals surface area contributed by atoms with E-state index in [0.717, 1.165) is 4.90 Å². The summed E-state index contributed by atoms with van der Waals surface area (Å²) in [5, 5.41) is 0. The second-order valence-corrected chi connectivity index (χ2v) is 4.40. The summed E-state index contributed by atoms with van der Waals surface area (Å²) >= 11 is 0. The van der Waals surface area contributed by atoms with Gasteiger partial charge in [0.25, 0.3) is 5.91 Å². The summed E-state index contributed by atoms with van der Waals surface area (Å²) in [6.45, 7) is 4.28. The van der Waals surface area contributed by atoms with Crippen LogP contribution in [0.5, 0.6) is 6.01 Å². The van der Waals surface area contributed by atoms with E-state index in [1.807, 2.05) is 13.8 Å². The molecule has 0 N–H and O–H groups in total. The quantitative estimate of drug-likeness (QED) is 0.770. The van der Waals surface area contributed by atoms with Gasteiger partial charge in [-0.05, 0) is 19.9 Å². The summed E-state index contributed by atoms with van der Waals surface area (Å²) in [4.78, 5) is 31.9. The minimum absolute atomic E-state index is 0.000788.